The molecule has 0 saturated heterocycles. The normalized spacial score (nSPS) is 12.1. The van der Waals surface area contributed by atoms with Gasteiger partial charge in [0.2, 0.25) is 0 Å². The average molecular weight is 282 g/mol. The summed E-state index contributed by atoms with van der Waals surface area (Å²) in [5, 5.41) is 7.08. The lowest BCUT2D eigenvalue weighted by Gasteiger charge is -2.15. The summed E-state index contributed by atoms with van der Waals surface area (Å²) >= 11 is 0. The Labute approximate surface area is 124 Å². The van der Waals surface area contributed by atoms with E-state index in [0.717, 1.165) is 16.8 Å². The van der Waals surface area contributed by atoms with Gasteiger partial charge < -0.3 is 5.32 Å². The molecular weight excluding hydrogens is 264 g/mol. The number of hydrogen-bond donors (Lipinski definition) is 2. The van der Waals surface area contributed by atoms with Crippen molar-refractivity contribution in [2.75, 3.05) is 5.32 Å². The number of carbonyl (C=O) groups is 1. The van der Waals surface area contributed by atoms with Gasteiger partial charge in [0.15, 0.2) is 0 Å². The number of carbonyl (C=O) groups excluding carboxylic acids is 1. The smallest absolute Gasteiger partial charge is 0.262 e. The molecule has 0 spiro atoms. The number of hydrazone groups is 1. The van der Waals surface area contributed by atoms with Crippen LogP contribution in [0.4, 0.5) is 5.69 Å². The molecule has 2 rings (SSSR count). The van der Waals surface area contributed by atoms with E-state index in [1.165, 1.54) is 0 Å². The standard InChI is InChI=1S/C16H18N4O/c1-12-6-3-4-8-15(12)19-13(2)16(21)20-18-11-14-7-5-9-17-10-14/h3-11,13,19H,1-2H3,(H,20,21)/b18-11-/t13-/m1/s1. The van der Waals surface area contributed by atoms with E-state index in [1.807, 2.05) is 43.3 Å². The summed E-state index contributed by atoms with van der Waals surface area (Å²) in [5.41, 5.74) is 5.38. The molecule has 0 aliphatic heterocycles. The fourth-order valence-electron chi connectivity index (χ4n) is 1.75. The quantitative estimate of drug-likeness (QED) is 0.653. The summed E-state index contributed by atoms with van der Waals surface area (Å²) < 4.78 is 0. The van der Waals surface area contributed by atoms with Gasteiger partial charge in [0.05, 0.1) is 6.21 Å². The van der Waals surface area contributed by atoms with Crippen molar-refractivity contribution in [2.45, 2.75) is 19.9 Å². The molecule has 0 bridgehead atoms. The highest BCUT2D eigenvalue weighted by Crippen LogP contribution is 2.14. The zero-order valence-corrected chi connectivity index (χ0v) is 12.1. The fraction of sp³-hybridized carbons (Fsp3) is 0.188. The first-order chi connectivity index (χ1) is 10.2. The van der Waals surface area contributed by atoms with Crippen LogP contribution in [0.5, 0.6) is 0 Å². The Balaban J connectivity index is 1.88. The number of aryl methyl sites for hydroxylation is 1. The Kier molecular flexibility index (Phi) is 5.04. The molecule has 0 unspecified atom stereocenters. The van der Waals surface area contributed by atoms with Crippen molar-refractivity contribution in [2.24, 2.45) is 5.10 Å². The van der Waals surface area contributed by atoms with Crippen molar-refractivity contribution in [3.8, 4) is 0 Å². The maximum atomic E-state index is 11.9. The van der Waals surface area contributed by atoms with Gasteiger partial charge >= 0.3 is 0 Å². The number of amides is 1. The van der Waals surface area contributed by atoms with E-state index in [-0.39, 0.29) is 11.9 Å². The lowest BCUT2D eigenvalue weighted by atomic mass is 10.2. The molecule has 1 heterocycles. The van der Waals surface area contributed by atoms with E-state index in [2.05, 4.69) is 20.8 Å². The first-order valence-electron chi connectivity index (χ1n) is 6.72. The third-order valence-corrected chi connectivity index (χ3v) is 2.98. The van der Waals surface area contributed by atoms with Gasteiger partial charge in [-0.25, -0.2) is 5.43 Å². The molecule has 5 heteroatoms. The van der Waals surface area contributed by atoms with Crippen LogP contribution in [-0.2, 0) is 4.79 Å². The summed E-state index contributed by atoms with van der Waals surface area (Å²) in [7, 11) is 0. The number of rotatable bonds is 5. The summed E-state index contributed by atoms with van der Waals surface area (Å²) in [5.74, 6) is -0.196. The minimum absolute atomic E-state index is 0.196. The number of benzene rings is 1. The van der Waals surface area contributed by atoms with Crippen LogP contribution < -0.4 is 10.7 Å². The number of para-hydroxylation sites is 1. The predicted octanol–water partition coefficient (Wildman–Crippen LogP) is 2.34. The van der Waals surface area contributed by atoms with Crippen molar-refractivity contribution in [3.63, 3.8) is 0 Å². The third kappa shape index (κ3) is 4.42. The highest BCUT2D eigenvalue weighted by Gasteiger charge is 2.12. The highest BCUT2D eigenvalue weighted by atomic mass is 16.2. The van der Waals surface area contributed by atoms with Crippen LogP contribution in [0.25, 0.3) is 0 Å². The van der Waals surface area contributed by atoms with Crippen molar-refractivity contribution in [1.29, 1.82) is 0 Å². The second kappa shape index (κ2) is 7.19. The first-order valence-corrected chi connectivity index (χ1v) is 6.72. The molecule has 1 aromatic heterocycles. The SMILES string of the molecule is Cc1ccccc1N[C@H](C)C(=O)N/N=C\c1cccnc1. The molecular formula is C16H18N4O. The maximum absolute atomic E-state index is 11.9. The first kappa shape index (κ1) is 14.7. The molecule has 108 valence electrons. The monoisotopic (exact) mass is 282 g/mol. The second-order valence-electron chi connectivity index (χ2n) is 4.70. The Morgan fingerprint density at radius 1 is 1.29 bits per heavy atom. The van der Waals surface area contributed by atoms with Crippen molar-refractivity contribution in [3.05, 3.63) is 59.9 Å². The van der Waals surface area contributed by atoms with Crippen molar-refractivity contribution < 1.29 is 4.79 Å². The Morgan fingerprint density at radius 2 is 2.10 bits per heavy atom. The minimum atomic E-state index is -0.378. The van der Waals surface area contributed by atoms with E-state index in [4.69, 9.17) is 0 Å². The number of pyridine rings is 1. The average Bonchev–Trinajstić information content (AvgIpc) is 2.50. The predicted molar refractivity (Wildman–Crippen MR) is 84.2 cm³/mol. The summed E-state index contributed by atoms with van der Waals surface area (Å²) in [6.07, 6.45) is 4.92. The van der Waals surface area contributed by atoms with E-state index in [0.29, 0.717) is 0 Å². The largest absolute Gasteiger partial charge is 0.374 e. The Bertz CT molecular complexity index is 625. The zero-order chi connectivity index (χ0) is 15.1. The van der Waals surface area contributed by atoms with Crippen LogP contribution in [-0.4, -0.2) is 23.1 Å². The van der Waals surface area contributed by atoms with Gasteiger partial charge in [-0.15, -0.1) is 0 Å². The van der Waals surface area contributed by atoms with E-state index >= 15 is 0 Å². The topological polar surface area (TPSA) is 66.4 Å². The lowest BCUT2D eigenvalue weighted by Crippen LogP contribution is -2.35. The van der Waals surface area contributed by atoms with Crippen LogP contribution in [0.2, 0.25) is 0 Å². The number of aromatic nitrogens is 1. The van der Waals surface area contributed by atoms with Gasteiger partial charge in [0.25, 0.3) is 5.91 Å². The maximum Gasteiger partial charge on any atom is 0.262 e. The van der Waals surface area contributed by atoms with Gasteiger partial charge in [-0.05, 0) is 31.5 Å². The van der Waals surface area contributed by atoms with Gasteiger partial charge in [0.1, 0.15) is 6.04 Å². The molecule has 0 fully saturated rings. The fourth-order valence-corrected chi connectivity index (χ4v) is 1.75. The van der Waals surface area contributed by atoms with Crippen molar-refractivity contribution >= 4 is 17.8 Å². The van der Waals surface area contributed by atoms with Gasteiger partial charge in [-0.3, -0.25) is 9.78 Å². The summed E-state index contributed by atoms with van der Waals surface area (Å²) in [4.78, 5) is 15.9. The molecule has 2 N–H and O–H groups in total. The van der Waals surface area contributed by atoms with Gasteiger partial charge in [-0.2, -0.15) is 5.10 Å². The Morgan fingerprint density at radius 3 is 2.81 bits per heavy atom. The van der Waals surface area contributed by atoms with Crippen LogP contribution in [0.3, 0.4) is 0 Å². The highest BCUT2D eigenvalue weighted by molar-refractivity contribution is 5.86. The molecule has 1 aromatic carbocycles. The zero-order valence-electron chi connectivity index (χ0n) is 12.1. The molecule has 0 aliphatic carbocycles. The van der Waals surface area contributed by atoms with Crippen LogP contribution in [0.1, 0.15) is 18.1 Å². The lowest BCUT2D eigenvalue weighted by molar-refractivity contribution is -0.121. The van der Waals surface area contributed by atoms with Crippen molar-refractivity contribution in [1.82, 2.24) is 10.4 Å². The molecule has 0 aliphatic rings. The van der Waals surface area contributed by atoms with E-state index < -0.39 is 0 Å². The van der Waals surface area contributed by atoms with Crippen LogP contribution >= 0.6 is 0 Å². The number of nitrogens with one attached hydrogen (secondary N) is 2. The molecule has 2 aromatic rings. The molecule has 1 amide bonds. The second-order valence-corrected chi connectivity index (χ2v) is 4.70. The molecule has 0 radical (unpaired) electrons. The van der Waals surface area contributed by atoms with Crippen LogP contribution in [0.15, 0.2) is 53.9 Å². The summed E-state index contributed by atoms with van der Waals surface area (Å²) in [6, 6.07) is 11.1. The van der Waals surface area contributed by atoms with E-state index in [1.54, 1.807) is 25.5 Å². The van der Waals surface area contributed by atoms with Crippen LogP contribution in [0, 0.1) is 6.92 Å². The molecule has 21 heavy (non-hydrogen) atoms. The molecule has 0 saturated carbocycles. The molecule has 1 atom stereocenters. The third-order valence-electron chi connectivity index (χ3n) is 2.98. The molecule has 5 nitrogen and oxygen atoms in total. The summed E-state index contributed by atoms with van der Waals surface area (Å²) in [6.45, 7) is 3.79. The number of nitrogens with zero attached hydrogens (tertiary/aromatic N) is 2. The number of anilines is 1. The number of hydrogen-bond acceptors (Lipinski definition) is 4. The van der Waals surface area contributed by atoms with Gasteiger partial charge in [0, 0.05) is 23.6 Å². The Hall–Kier alpha value is -2.69. The van der Waals surface area contributed by atoms with E-state index in [9.17, 15) is 4.79 Å². The van der Waals surface area contributed by atoms with Gasteiger partial charge in [-0.1, -0.05) is 24.3 Å². The minimum Gasteiger partial charge on any atom is -0.374 e.